The molecule has 5 atom stereocenters. The maximum Gasteiger partial charge on any atom is 0.333 e. The summed E-state index contributed by atoms with van der Waals surface area (Å²) in [4.78, 5) is 23.6. The van der Waals surface area contributed by atoms with Gasteiger partial charge in [-0.3, -0.25) is 0 Å². The van der Waals surface area contributed by atoms with Crippen LogP contribution in [-0.2, 0) is 14.3 Å². The van der Waals surface area contributed by atoms with Crippen molar-refractivity contribution in [1.29, 1.82) is 0 Å². The van der Waals surface area contributed by atoms with Crippen LogP contribution in [0.5, 0.6) is 0 Å². The van der Waals surface area contributed by atoms with Gasteiger partial charge in [0.05, 0.1) is 0 Å². The Kier molecular flexibility index (Phi) is 7.19. The number of allylic oxidation sites excluding steroid dienone is 3. The Hall–Kier alpha value is -1.84. The van der Waals surface area contributed by atoms with Crippen molar-refractivity contribution >= 4 is 11.9 Å². The molecule has 2 aliphatic rings. The Morgan fingerprint density at radius 1 is 1.31 bits per heavy atom. The van der Waals surface area contributed by atoms with E-state index < -0.39 is 5.97 Å². The number of carboxylic acids is 1. The predicted octanol–water partition coefficient (Wildman–Crippen LogP) is 6.08. The number of carboxylic acid groups (broad SMARTS) is 1. The number of esters is 1. The molecule has 0 aromatic rings. The van der Waals surface area contributed by atoms with E-state index in [0.717, 1.165) is 37.7 Å². The molecule has 29 heavy (non-hydrogen) atoms. The monoisotopic (exact) mass is 402 g/mol. The first-order chi connectivity index (χ1) is 13.5. The summed E-state index contributed by atoms with van der Waals surface area (Å²) >= 11 is 0. The fraction of sp³-hybridized carbons (Fsp3) is 0.680. The number of carbonyl (C=O) groups is 2. The average Bonchev–Trinajstić information content (AvgIpc) is 2.65. The fourth-order valence-electron chi connectivity index (χ4n) is 5.61. The average molecular weight is 403 g/mol. The minimum atomic E-state index is -0.878. The highest BCUT2D eigenvalue weighted by Gasteiger charge is 2.58. The number of carbonyl (C=O) groups excluding carboxylic acids is 1. The standard InChI is InChI=1S/C25H38O4/c1-8-17(3)23(28)29-21-15-19(5)24(6,13-12-16(2)14-22(26)27)20-11-9-10-18(4)25(20,21)7/h8,10,14,19-21H,9,11-13,15H2,1-7H3,(H,26,27)/b16-14+,17-8-/t19-,20-,21-,24+,25+/m1/s1. The Bertz CT molecular complexity index is 744. The lowest BCUT2D eigenvalue weighted by Crippen LogP contribution is -2.57. The van der Waals surface area contributed by atoms with Gasteiger partial charge in [0.2, 0.25) is 0 Å². The zero-order valence-electron chi connectivity index (χ0n) is 19.2. The zero-order chi connectivity index (χ0) is 22.0. The molecule has 1 saturated carbocycles. The van der Waals surface area contributed by atoms with Crippen LogP contribution in [0.4, 0.5) is 0 Å². The highest BCUT2D eigenvalue weighted by atomic mass is 16.5. The van der Waals surface area contributed by atoms with Gasteiger partial charge in [0.15, 0.2) is 0 Å². The van der Waals surface area contributed by atoms with Crippen LogP contribution in [0.15, 0.2) is 34.9 Å². The van der Waals surface area contributed by atoms with Crippen molar-refractivity contribution < 1.29 is 19.4 Å². The van der Waals surface area contributed by atoms with Crippen molar-refractivity contribution in [2.75, 3.05) is 0 Å². The second kappa shape index (κ2) is 8.89. The third kappa shape index (κ3) is 4.51. The lowest BCUT2D eigenvalue weighted by molar-refractivity contribution is -0.172. The van der Waals surface area contributed by atoms with Gasteiger partial charge in [0.1, 0.15) is 6.10 Å². The molecule has 0 bridgehead atoms. The smallest absolute Gasteiger partial charge is 0.333 e. The first-order valence-electron chi connectivity index (χ1n) is 10.9. The first kappa shape index (κ1) is 23.4. The summed E-state index contributed by atoms with van der Waals surface area (Å²) in [6.07, 6.45) is 10.00. The Morgan fingerprint density at radius 2 is 1.97 bits per heavy atom. The van der Waals surface area contributed by atoms with Gasteiger partial charge < -0.3 is 9.84 Å². The molecular formula is C25H38O4. The molecular weight excluding hydrogens is 364 g/mol. The molecule has 1 fully saturated rings. The van der Waals surface area contributed by atoms with Crippen LogP contribution in [-0.4, -0.2) is 23.1 Å². The molecule has 1 N–H and O–H groups in total. The van der Waals surface area contributed by atoms with E-state index in [1.165, 1.54) is 11.6 Å². The van der Waals surface area contributed by atoms with E-state index in [-0.39, 0.29) is 22.9 Å². The normalized spacial score (nSPS) is 35.6. The molecule has 2 rings (SSSR count). The summed E-state index contributed by atoms with van der Waals surface area (Å²) in [7, 11) is 0. The molecule has 0 unspecified atom stereocenters. The minimum absolute atomic E-state index is 0.0659. The number of rotatable bonds is 6. The second-order valence-electron chi connectivity index (χ2n) is 9.64. The van der Waals surface area contributed by atoms with Crippen LogP contribution in [0.2, 0.25) is 0 Å². The summed E-state index contributed by atoms with van der Waals surface area (Å²) in [5.74, 6) is -0.318. The topological polar surface area (TPSA) is 63.6 Å². The number of fused-ring (bicyclic) bond motifs is 1. The van der Waals surface area contributed by atoms with Gasteiger partial charge in [-0.25, -0.2) is 9.59 Å². The van der Waals surface area contributed by atoms with Crippen molar-refractivity contribution in [2.45, 2.75) is 86.7 Å². The molecule has 0 aromatic carbocycles. The van der Waals surface area contributed by atoms with Gasteiger partial charge in [-0.05, 0) is 77.0 Å². The second-order valence-corrected chi connectivity index (χ2v) is 9.64. The van der Waals surface area contributed by atoms with Crippen LogP contribution in [0, 0.1) is 22.7 Å². The molecule has 0 aromatic heterocycles. The van der Waals surface area contributed by atoms with Crippen molar-refractivity contribution in [3.05, 3.63) is 34.9 Å². The van der Waals surface area contributed by atoms with Gasteiger partial charge in [0.25, 0.3) is 0 Å². The largest absolute Gasteiger partial charge is 0.478 e. The van der Waals surface area contributed by atoms with Gasteiger partial charge in [-0.15, -0.1) is 0 Å². The van der Waals surface area contributed by atoms with Crippen LogP contribution >= 0.6 is 0 Å². The molecule has 4 heteroatoms. The molecule has 2 aliphatic carbocycles. The van der Waals surface area contributed by atoms with Crippen molar-refractivity contribution in [3.8, 4) is 0 Å². The van der Waals surface area contributed by atoms with E-state index in [1.54, 1.807) is 13.0 Å². The third-order valence-electron chi connectivity index (χ3n) is 8.07. The zero-order valence-corrected chi connectivity index (χ0v) is 19.2. The van der Waals surface area contributed by atoms with Gasteiger partial charge in [0, 0.05) is 17.1 Å². The predicted molar refractivity (Wildman–Crippen MR) is 116 cm³/mol. The van der Waals surface area contributed by atoms with E-state index in [4.69, 9.17) is 9.84 Å². The molecule has 0 amide bonds. The van der Waals surface area contributed by atoms with Crippen LogP contribution in [0.1, 0.15) is 80.6 Å². The van der Waals surface area contributed by atoms with Crippen LogP contribution < -0.4 is 0 Å². The Morgan fingerprint density at radius 3 is 2.55 bits per heavy atom. The molecule has 4 nitrogen and oxygen atoms in total. The maximum atomic E-state index is 12.6. The molecule has 162 valence electrons. The Labute approximate surface area is 176 Å². The highest BCUT2D eigenvalue weighted by Crippen LogP contribution is 2.62. The van der Waals surface area contributed by atoms with E-state index in [0.29, 0.717) is 17.4 Å². The van der Waals surface area contributed by atoms with Gasteiger partial charge in [-0.2, -0.15) is 0 Å². The highest BCUT2D eigenvalue weighted by molar-refractivity contribution is 5.87. The number of aliphatic carboxylic acids is 1. The minimum Gasteiger partial charge on any atom is -0.478 e. The van der Waals surface area contributed by atoms with Crippen LogP contribution in [0.25, 0.3) is 0 Å². The first-order valence-corrected chi connectivity index (χ1v) is 10.9. The summed E-state index contributed by atoms with van der Waals surface area (Å²) < 4.78 is 6.09. The maximum absolute atomic E-state index is 12.6. The molecule has 0 heterocycles. The van der Waals surface area contributed by atoms with E-state index in [9.17, 15) is 9.59 Å². The molecule has 0 aliphatic heterocycles. The number of hydrogen-bond donors (Lipinski definition) is 1. The summed E-state index contributed by atoms with van der Waals surface area (Å²) in [5, 5.41) is 9.05. The third-order valence-corrected chi connectivity index (χ3v) is 8.07. The fourth-order valence-corrected chi connectivity index (χ4v) is 5.61. The number of hydrogen-bond acceptors (Lipinski definition) is 3. The van der Waals surface area contributed by atoms with E-state index >= 15 is 0 Å². The quantitative estimate of drug-likeness (QED) is 0.332. The van der Waals surface area contributed by atoms with E-state index in [1.807, 2.05) is 13.8 Å². The lowest BCUT2D eigenvalue weighted by Gasteiger charge is -2.60. The summed E-state index contributed by atoms with van der Waals surface area (Å²) in [6, 6.07) is 0. The summed E-state index contributed by atoms with van der Waals surface area (Å²) in [6.45, 7) is 14.7. The van der Waals surface area contributed by atoms with Gasteiger partial charge >= 0.3 is 11.9 Å². The van der Waals surface area contributed by atoms with Crippen molar-refractivity contribution in [1.82, 2.24) is 0 Å². The van der Waals surface area contributed by atoms with E-state index in [2.05, 4.69) is 33.8 Å². The lowest BCUT2D eigenvalue weighted by atomic mass is 9.46. The number of ether oxygens (including phenoxy) is 1. The summed E-state index contributed by atoms with van der Waals surface area (Å²) in [5.41, 5.74) is 2.76. The van der Waals surface area contributed by atoms with Crippen LogP contribution in [0.3, 0.4) is 0 Å². The molecule has 0 spiro atoms. The molecule has 0 saturated heterocycles. The SMILES string of the molecule is C/C=C(/C)C(=O)O[C@@H]1C[C@@H](C)[C@](C)(CC/C(C)=C/C(=O)O)[C@H]2CCC=C(C)[C@@]21C. The van der Waals surface area contributed by atoms with Crippen molar-refractivity contribution in [3.63, 3.8) is 0 Å². The Balaban J connectivity index is 2.37. The van der Waals surface area contributed by atoms with Gasteiger partial charge in [-0.1, -0.05) is 44.1 Å². The van der Waals surface area contributed by atoms with Crippen molar-refractivity contribution in [2.24, 2.45) is 22.7 Å². The molecule has 0 radical (unpaired) electrons.